The molecular formula is C58H77N3O12. The van der Waals surface area contributed by atoms with Crippen molar-refractivity contribution in [2.45, 2.75) is 200 Å². The van der Waals surface area contributed by atoms with Gasteiger partial charge in [-0.25, -0.2) is 9.59 Å². The van der Waals surface area contributed by atoms with Crippen molar-refractivity contribution < 1.29 is 58.6 Å². The summed E-state index contributed by atoms with van der Waals surface area (Å²) < 4.78 is 25.4. The highest BCUT2D eigenvalue weighted by molar-refractivity contribution is 6.02. The lowest BCUT2D eigenvalue weighted by Crippen LogP contribution is -2.49. The van der Waals surface area contributed by atoms with E-state index in [0.29, 0.717) is 78.1 Å². The lowest BCUT2D eigenvalue weighted by Gasteiger charge is -2.41. The number of hydrogen-bond donors (Lipinski definition) is 4. The number of aliphatic carboxylic acids is 1. The number of morpholine rings is 1. The number of phenols is 1. The Morgan fingerprint density at radius 1 is 0.740 bits per heavy atom. The maximum Gasteiger partial charge on any atom is 0.415 e. The number of carbonyl (C=O) groups is 4. The summed E-state index contributed by atoms with van der Waals surface area (Å²) in [4.78, 5) is 60.0. The Bertz CT molecular complexity index is 2600. The van der Waals surface area contributed by atoms with Crippen LogP contribution in [-0.2, 0) is 35.5 Å². The van der Waals surface area contributed by atoms with E-state index < -0.39 is 47.4 Å². The van der Waals surface area contributed by atoms with Crippen molar-refractivity contribution >= 4 is 23.9 Å². The van der Waals surface area contributed by atoms with Crippen molar-refractivity contribution in [3.63, 3.8) is 0 Å². The van der Waals surface area contributed by atoms with Gasteiger partial charge in [0.15, 0.2) is 0 Å². The van der Waals surface area contributed by atoms with E-state index in [4.69, 9.17) is 18.9 Å². The molecule has 7 atom stereocenters. The van der Waals surface area contributed by atoms with Gasteiger partial charge in [0.2, 0.25) is 0 Å². The van der Waals surface area contributed by atoms with E-state index in [1.54, 1.807) is 9.80 Å². The number of benzene rings is 2. The Morgan fingerprint density at radius 3 is 1.84 bits per heavy atom. The van der Waals surface area contributed by atoms with E-state index in [9.17, 15) is 39.6 Å². The first-order chi connectivity index (χ1) is 34.6. The fourth-order valence-corrected chi connectivity index (χ4v) is 11.4. The summed E-state index contributed by atoms with van der Waals surface area (Å²) in [5.74, 6) is -1.40. The van der Waals surface area contributed by atoms with Crippen LogP contribution in [0.4, 0.5) is 4.79 Å². The molecule has 0 aliphatic carbocycles. The molecule has 0 spiro atoms. The molecule has 396 valence electrons. The highest BCUT2D eigenvalue weighted by Gasteiger charge is 2.48. The second-order valence-electron chi connectivity index (χ2n) is 22.4. The van der Waals surface area contributed by atoms with Crippen molar-refractivity contribution in [2.24, 2.45) is 0 Å². The topological polar surface area (TPSA) is 196 Å². The molecular weight excluding hydrogens is 931 g/mol. The van der Waals surface area contributed by atoms with E-state index in [2.05, 4.69) is 65.8 Å². The van der Waals surface area contributed by atoms with E-state index >= 15 is 0 Å². The van der Waals surface area contributed by atoms with Gasteiger partial charge in [0.05, 0.1) is 61.7 Å². The maximum absolute atomic E-state index is 14.5. The lowest BCUT2D eigenvalue weighted by molar-refractivity contribution is -0.142. The number of aliphatic hydroxyl groups is 2. The average Bonchev–Trinajstić information content (AvgIpc) is 3.95. The summed E-state index contributed by atoms with van der Waals surface area (Å²) in [7, 11) is 0. The summed E-state index contributed by atoms with van der Waals surface area (Å²) in [6, 6.07) is 1.65. The van der Waals surface area contributed by atoms with Gasteiger partial charge in [0.25, 0.3) is 11.8 Å². The molecule has 6 heterocycles. The van der Waals surface area contributed by atoms with Gasteiger partial charge < -0.3 is 54.1 Å². The SMILES string of the molecule is CC(C)=CCC/C(C)=C/CC[C@@]1(C)Oc2c(c(O)cc3c2CN(CCC[C@@H](C(=O)O)N2Cc4c(cc(OC(=O)N5CC6CCC(C5)O6)c5c4O[C@](C)(CC/C=C(\C)CCC=C(C)C)[C@@H](O)C5)C2=O)C3=O)C[C@@H]1O. The zero-order valence-corrected chi connectivity index (χ0v) is 44.2. The molecule has 6 aliphatic rings. The van der Waals surface area contributed by atoms with Crippen LogP contribution >= 0.6 is 0 Å². The Labute approximate surface area is 430 Å². The number of carboxylic acids is 1. The quantitative estimate of drug-likeness (QED) is 0.0975. The number of allylic oxidation sites excluding steroid dienone is 8. The number of carbonyl (C=O) groups excluding carboxylic acids is 3. The highest BCUT2D eigenvalue weighted by atomic mass is 16.6. The number of aliphatic hydroxyl groups excluding tert-OH is 2. The van der Waals surface area contributed by atoms with Crippen LogP contribution in [0.2, 0.25) is 0 Å². The molecule has 0 saturated carbocycles. The van der Waals surface area contributed by atoms with Crippen LogP contribution in [0, 0.1) is 0 Å². The van der Waals surface area contributed by atoms with Crippen LogP contribution in [0.15, 0.2) is 58.7 Å². The van der Waals surface area contributed by atoms with Crippen LogP contribution in [-0.4, -0.2) is 120 Å². The van der Waals surface area contributed by atoms with Crippen molar-refractivity contribution in [3.05, 3.63) is 92.1 Å². The second-order valence-corrected chi connectivity index (χ2v) is 22.4. The third-order valence-corrected chi connectivity index (χ3v) is 16.0. The number of fused-ring (bicyclic) bond motifs is 8. The fourth-order valence-electron chi connectivity index (χ4n) is 11.4. The zero-order chi connectivity index (χ0) is 52.5. The molecule has 2 fully saturated rings. The van der Waals surface area contributed by atoms with Gasteiger partial charge in [-0.1, -0.05) is 46.6 Å². The molecule has 4 N–H and O–H groups in total. The van der Waals surface area contributed by atoms with Crippen LogP contribution < -0.4 is 14.2 Å². The van der Waals surface area contributed by atoms with Crippen molar-refractivity contribution in [1.29, 1.82) is 0 Å². The molecule has 15 heteroatoms. The van der Waals surface area contributed by atoms with Crippen LogP contribution in [0.1, 0.15) is 175 Å². The highest BCUT2D eigenvalue weighted by Crippen LogP contribution is 2.49. The molecule has 0 aromatic heterocycles. The molecule has 15 nitrogen and oxygen atoms in total. The Hall–Kier alpha value is -5.64. The summed E-state index contributed by atoms with van der Waals surface area (Å²) in [6.45, 7) is 17.2. The summed E-state index contributed by atoms with van der Waals surface area (Å²) in [5, 5.41) is 45.0. The molecule has 3 amide bonds. The number of aromatic hydroxyl groups is 1. The van der Waals surface area contributed by atoms with E-state index in [1.807, 2.05) is 13.8 Å². The molecule has 2 unspecified atom stereocenters. The first-order valence-corrected chi connectivity index (χ1v) is 26.5. The molecule has 2 saturated heterocycles. The molecule has 8 rings (SSSR count). The van der Waals surface area contributed by atoms with E-state index in [1.165, 1.54) is 39.3 Å². The predicted molar refractivity (Wildman–Crippen MR) is 276 cm³/mol. The Balaban J connectivity index is 0.975. The third kappa shape index (κ3) is 11.7. The van der Waals surface area contributed by atoms with Crippen LogP contribution in [0.5, 0.6) is 23.0 Å². The summed E-state index contributed by atoms with van der Waals surface area (Å²) in [6.07, 6.45) is 14.4. The van der Waals surface area contributed by atoms with E-state index in [0.717, 1.165) is 38.5 Å². The Morgan fingerprint density at radius 2 is 1.27 bits per heavy atom. The third-order valence-electron chi connectivity index (χ3n) is 16.0. The predicted octanol–water partition coefficient (Wildman–Crippen LogP) is 9.65. The number of hydrogen-bond acceptors (Lipinski definition) is 11. The maximum atomic E-state index is 14.5. The minimum Gasteiger partial charge on any atom is -0.508 e. The summed E-state index contributed by atoms with van der Waals surface area (Å²) in [5.41, 5.74) is 5.44. The summed E-state index contributed by atoms with van der Waals surface area (Å²) >= 11 is 0. The minimum atomic E-state index is -1.28. The zero-order valence-electron chi connectivity index (χ0n) is 44.2. The fraction of sp³-hybridized carbons (Fsp3) is 0.586. The number of likely N-dealkylation sites (tertiary alicyclic amines) is 1. The van der Waals surface area contributed by atoms with Crippen LogP contribution in [0.25, 0.3) is 0 Å². The van der Waals surface area contributed by atoms with Crippen molar-refractivity contribution in [3.8, 4) is 23.0 Å². The van der Waals surface area contributed by atoms with Gasteiger partial charge in [0, 0.05) is 41.6 Å². The van der Waals surface area contributed by atoms with Gasteiger partial charge in [-0.3, -0.25) is 9.59 Å². The number of rotatable bonds is 19. The first kappa shape index (κ1) is 53.6. The largest absolute Gasteiger partial charge is 0.508 e. The van der Waals surface area contributed by atoms with Gasteiger partial charge in [-0.2, -0.15) is 0 Å². The van der Waals surface area contributed by atoms with Gasteiger partial charge in [-0.15, -0.1) is 0 Å². The van der Waals surface area contributed by atoms with Crippen molar-refractivity contribution in [1.82, 2.24) is 14.7 Å². The minimum absolute atomic E-state index is 0.0145. The molecule has 2 aromatic rings. The number of nitrogens with zero attached hydrogens (tertiary/aromatic N) is 3. The molecule has 2 bridgehead atoms. The molecule has 2 aromatic carbocycles. The van der Waals surface area contributed by atoms with Crippen LogP contribution in [0.3, 0.4) is 0 Å². The normalized spacial score (nSPS) is 25.6. The first-order valence-electron chi connectivity index (χ1n) is 26.5. The number of phenolic OH excluding ortho intramolecular Hbond substituents is 1. The standard InChI is InChI=1S/C58H77N3O12/c1-34(2)14-9-16-36(5)18-11-23-57(7)49(63)28-42-47(62)26-40-44(51(42)72-57)32-59(53(40)65)25-13-20-46(55(67)68)61-33-45-41(54(61)66)27-48(71-56(69)60-30-38-21-22-39(31-60)70-38)43-29-50(64)58(8,73-52(43)45)24-12-19-37(6)17-10-15-35(3)4/h14-15,18-19,26-27,38-39,46,49-50,62-64H,9-13,16-17,20-25,28-33H2,1-8H3,(H,67,68)/b36-18+,37-19+/t38?,39?,46-,49-,50-,57+,58+/m0/s1. The second kappa shape index (κ2) is 22.1. The van der Waals surface area contributed by atoms with Gasteiger partial charge in [-0.05, 0) is 145 Å². The molecule has 73 heavy (non-hydrogen) atoms. The smallest absolute Gasteiger partial charge is 0.415 e. The van der Waals surface area contributed by atoms with Crippen molar-refractivity contribution in [2.75, 3.05) is 19.6 Å². The van der Waals surface area contributed by atoms with E-state index in [-0.39, 0.29) is 80.5 Å². The molecule has 6 aliphatic heterocycles. The molecule has 0 radical (unpaired) electrons. The number of carboxylic acid groups (broad SMARTS) is 1. The lowest BCUT2D eigenvalue weighted by atomic mass is 9.84. The van der Waals surface area contributed by atoms with Gasteiger partial charge >= 0.3 is 12.1 Å². The number of amides is 3. The average molecular weight is 1010 g/mol. The number of ether oxygens (including phenoxy) is 4. The van der Waals surface area contributed by atoms with Gasteiger partial charge in [0.1, 0.15) is 40.2 Å². The monoisotopic (exact) mass is 1010 g/mol. The Kier molecular flexibility index (Phi) is 16.2.